The van der Waals surface area contributed by atoms with Crippen LogP contribution in [0.4, 0.5) is 0 Å². The van der Waals surface area contributed by atoms with Gasteiger partial charge in [0.25, 0.3) is 0 Å². The van der Waals surface area contributed by atoms with Gasteiger partial charge >= 0.3 is 0 Å². The van der Waals surface area contributed by atoms with Gasteiger partial charge in [-0.05, 0) is 57.8 Å². The first kappa shape index (κ1) is 16.5. The molecule has 2 fully saturated rings. The van der Waals surface area contributed by atoms with Gasteiger partial charge in [-0.3, -0.25) is 4.79 Å². The first-order valence-corrected chi connectivity index (χ1v) is 8.49. The lowest BCUT2D eigenvalue weighted by Crippen LogP contribution is -2.43. The molecule has 1 saturated heterocycles. The molecule has 0 radical (unpaired) electrons. The summed E-state index contributed by atoms with van der Waals surface area (Å²) in [6.07, 6.45) is 10.2. The maximum absolute atomic E-state index is 11.6. The Kier molecular flexibility index (Phi) is 5.86. The smallest absolute Gasteiger partial charge is 0.219 e. The second-order valence-corrected chi connectivity index (χ2v) is 6.98. The van der Waals surface area contributed by atoms with Crippen LogP contribution < -0.4 is 0 Å². The minimum absolute atomic E-state index is 0.220. The number of likely N-dealkylation sites (tertiary alicyclic amines) is 1. The molecule has 0 aromatic carbocycles. The van der Waals surface area contributed by atoms with Crippen molar-refractivity contribution in [2.75, 3.05) is 13.7 Å². The number of hydrogen-bond acceptors (Lipinski definition) is 2. The third-order valence-corrected chi connectivity index (χ3v) is 5.42. The van der Waals surface area contributed by atoms with Crippen LogP contribution in [0.3, 0.4) is 0 Å². The summed E-state index contributed by atoms with van der Waals surface area (Å²) in [5, 5.41) is 0. The summed E-state index contributed by atoms with van der Waals surface area (Å²) in [4.78, 5) is 13.6. The molecule has 0 aromatic heterocycles. The average Bonchev–Trinajstić information content (AvgIpc) is 2.46. The van der Waals surface area contributed by atoms with Crippen LogP contribution >= 0.6 is 0 Å². The second kappa shape index (κ2) is 7.44. The van der Waals surface area contributed by atoms with E-state index < -0.39 is 0 Å². The van der Waals surface area contributed by atoms with Gasteiger partial charge in [-0.15, -0.1) is 0 Å². The summed E-state index contributed by atoms with van der Waals surface area (Å²) in [5.74, 6) is 1.56. The molecule has 2 rings (SSSR count). The molecule has 3 nitrogen and oxygen atoms in total. The average molecular weight is 293 g/mol. The highest BCUT2D eigenvalue weighted by Crippen LogP contribution is 2.33. The van der Waals surface area contributed by atoms with E-state index in [1.165, 1.54) is 31.3 Å². The van der Waals surface area contributed by atoms with Gasteiger partial charge < -0.3 is 9.64 Å². The number of carbonyl (C=O) groups excluding carboxylic acids is 1. The molecule has 3 heteroatoms. The molecule has 21 heavy (non-hydrogen) atoms. The van der Waals surface area contributed by atoms with Crippen molar-refractivity contribution >= 4 is 5.91 Å². The lowest BCUT2D eigenvalue weighted by molar-refractivity contribution is -0.132. The molecule has 0 spiro atoms. The van der Waals surface area contributed by atoms with E-state index >= 15 is 0 Å². The fraction of sp³-hybridized carbons (Fsp3) is 0.833. The van der Waals surface area contributed by atoms with Crippen LogP contribution in [-0.2, 0) is 9.53 Å². The molecule has 1 heterocycles. The Bertz CT molecular complexity index is 391. The standard InChI is InChI=1S/C18H31NO2/c1-13(10-16-6-5-7-18(12-16)21-4)17-8-9-19(15(3)20)14(2)11-17/h10,14,16-18H,5-9,11-12H2,1-4H3. The zero-order chi connectivity index (χ0) is 15.4. The van der Waals surface area contributed by atoms with Crippen molar-refractivity contribution in [3.8, 4) is 0 Å². The van der Waals surface area contributed by atoms with Crippen LogP contribution in [-0.4, -0.2) is 36.6 Å². The number of nitrogens with zero attached hydrogens (tertiary/aromatic N) is 1. The van der Waals surface area contributed by atoms with Crippen molar-refractivity contribution < 1.29 is 9.53 Å². The minimum atomic E-state index is 0.220. The highest BCUT2D eigenvalue weighted by molar-refractivity contribution is 5.73. The minimum Gasteiger partial charge on any atom is -0.381 e. The van der Waals surface area contributed by atoms with E-state index in [4.69, 9.17) is 4.74 Å². The van der Waals surface area contributed by atoms with E-state index in [9.17, 15) is 4.79 Å². The molecule has 1 aliphatic heterocycles. The first-order chi connectivity index (χ1) is 10.0. The van der Waals surface area contributed by atoms with E-state index in [0.717, 1.165) is 19.4 Å². The third kappa shape index (κ3) is 4.32. The van der Waals surface area contributed by atoms with Gasteiger partial charge in [-0.2, -0.15) is 0 Å². The second-order valence-electron chi connectivity index (χ2n) is 6.98. The molecule has 0 bridgehead atoms. The number of rotatable bonds is 3. The van der Waals surface area contributed by atoms with Gasteiger partial charge in [0.2, 0.25) is 5.91 Å². The maximum Gasteiger partial charge on any atom is 0.219 e. The van der Waals surface area contributed by atoms with Crippen molar-refractivity contribution in [3.63, 3.8) is 0 Å². The zero-order valence-electron chi connectivity index (χ0n) is 14.1. The molecule has 1 amide bonds. The van der Waals surface area contributed by atoms with Crippen molar-refractivity contribution in [1.29, 1.82) is 0 Å². The molecule has 1 saturated carbocycles. The van der Waals surface area contributed by atoms with E-state index in [2.05, 4.69) is 19.9 Å². The summed E-state index contributed by atoms with van der Waals surface area (Å²) in [7, 11) is 1.84. The Balaban J connectivity index is 1.92. The monoisotopic (exact) mass is 293 g/mol. The largest absolute Gasteiger partial charge is 0.381 e. The highest BCUT2D eigenvalue weighted by atomic mass is 16.5. The number of allylic oxidation sites excluding steroid dienone is 2. The van der Waals surface area contributed by atoms with Gasteiger partial charge in [0.1, 0.15) is 0 Å². The Morgan fingerprint density at radius 1 is 1.19 bits per heavy atom. The third-order valence-electron chi connectivity index (χ3n) is 5.42. The number of ether oxygens (including phenoxy) is 1. The molecule has 4 atom stereocenters. The van der Waals surface area contributed by atoms with E-state index in [-0.39, 0.29) is 5.91 Å². The van der Waals surface area contributed by atoms with Gasteiger partial charge in [-0.25, -0.2) is 0 Å². The van der Waals surface area contributed by atoms with Gasteiger partial charge in [0.05, 0.1) is 6.10 Å². The maximum atomic E-state index is 11.6. The summed E-state index contributed by atoms with van der Waals surface area (Å²) in [6, 6.07) is 0.377. The predicted molar refractivity (Wildman–Crippen MR) is 86.1 cm³/mol. The summed E-state index contributed by atoms with van der Waals surface area (Å²) >= 11 is 0. The molecule has 120 valence electrons. The Labute approximate surface area is 129 Å². The number of piperidine rings is 1. The molecule has 2 aliphatic rings. The summed E-state index contributed by atoms with van der Waals surface area (Å²) in [5.41, 5.74) is 1.53. The van der Waals surface area contributed by atoms with Crippen molar-refractivity contribution in [1.82, 2.24) is 4.90 Å². The first-order valence-electron chi connectivity index (χ1n) is 8.49. The normalized spacial score (nSPS) is 34.9. The Morgan fingerprint density at radius 2 is 1.95 bits per heavy atom. The van der Waals surface area contributed by atoms with Crippen molar-refractivity contribution in [3.05, 3.63) is 11.6 Å². The predicted octanol–water partition coefficient (Wildman–Crippen LogP) is 3.78. The van der Waals surface area contributed by atoms with Crippen molar-refractivity contribution in [2.24, 2.45) is 11.8 Å². The lowest BCUT2D eigenvalue weighted by Gasteiger charge is -2.38. The molecule has 0 N–H and O–H groups in total. The van der Waals surface area contributed by atoms with Crippen LogP contribution in [0.1, 0.15) is 59.3 Å². The summed E-state index contributed by atoms with van der Waals surface area (Å²) in [6.45, 7) is 7.07. The molecular weight excluding hydrogens is 262 g/mol. The van der Waals surface area contributed by atoms with E-state index in [1.54, 1.807) is 6.92 Å². The molecule has 4 unspecified atom stereocenters. The topological polar surface area (TPSA) is 29.5 Å². The Morgan fingerprint density at radius 3 is 2.57 bits per heavy atom. The highest BCUT2D eigenvalue weighted by Gasteiger charge is 2.28. The number of amides is 1. The fourth-order valence-corrected chi connectivity index (χ4v) is 4.11. The molecule has 0 aromatic rings. The van der Waals surface area contributed by atoms with Gasteiger partial charge in [0, 0.05) is 26.6 Å². The zero-order valence-corrected chi connectivity index (χ0v) is 14.1. The fourth-order valence-electron chi connectivity index (χ4n) is 4.11. The van der Waals surface area contributed by atoms with Gasteiger partial charge in [0.15, 0.2) is 0 Å². The van der Waals surface area contributed by atoms with Crippen molar-refractivity contribution in [2.45, 2.75) is 71.4 Å². The number of hydrogen-bond donors (Lipinski definition) is 0. The van der Waals surface area contributed by atoms with Crippen LogP contribution in [0.15, 0.2) is 11.6 Å². The molecule has 1 aliphatic carbocycles. The van der Waals surface area contributed by atoms with E-state index in [0.29, 0.717) is 24.0 Å². The van der Waals surface area contributed by atoms with Gasteiger partial charge in [-0.1, -0.05) is 18.1 Å². The van der Waals surface area contributed by atoms with E-state index in [1.807, 2.05) is 12.0 Å². The number of methoxy groups -OCH3 is 1. The quantitative estimate of drug-likeness (QED) is 0.741. The van der Waals surface area contributed by atoms with Crippen LogP contribution in [0.2, 0.25) is 0 Å². The molecular formula is C18H31NO2. The van der Waals surface area contributed by atoms with Crippen LogP contribution in [0, 0.1) is 11.8 Å². The number of carbonyl (C=O) groups is 1. The van der Waals surface area contributed by atoms with Crippen LogP contribution in [0.25, 0.3) is 0 Å². The summed E-state index contributed by atoms with van der Waals surface area (Å²) < 4.78 is 5.53. The Hall–Kier alpha value is -0.830. The van der Waals surface area contributed by atoms with Crippen LogP contribution in [0.5, 0.6) is 0 Å². The SMILES string of the molecule is COC1CCCC(C=C(C)C2CCN(C(C)=O)C(C)C2)C1. The lowest BCUT2D eigenvalue weighted by atomic mass is 9.81.